The van der Waals surface area contributed by atoms with Gasteiger partial charge in [-0.05, 0) is 64.8 Å². The number of aromatic nitrogens is 1. The molecule has 8 heteroatoms. The van der Waals surface area contributed by atoms with Gasteiger partial charge in [0.2, 0.25) is 11.9 Å². The highest BCUT2D eigenvalue weighted by atomic mass is 35.5. The summed E-state index contributed by atoms with van der Waals surface area (Å²) < 4.78 is 0. The molecule has 1 unspecified atom stereocenters. The van der Waals surface area contributed by atoms with Gasteiger partial charge in [0.15, 0.2) is 0 Å². The minimum Gasteiger partial charge on any atom is -0.324 e. The van der Waals surface area contributed by atoms with Crippen LogP contribution in [0.25, 0.3) is 5.70 Å². The Kier molecular flexibility index (Phi) is 9.23. The predicted molar refractivity (Wildman–Crippen MR) is 133 cm³/mol. The maximum Gasteiger partial charge on any atom is 0.229 e. The number of aliphatic imine (C=N–C) groups is 2. The minimum absolute atomic E-state index is 0.0238. The largest absolute Gasteiger partial charge is 0.324 e. The van der Waals surface area contributed by atoms with Crippen molar-refractivity contribution in [3.05, 3.63) is 28.9 Å². The smallest absolute Gasteiger partial charge is 0.229 e. The van der Waals surface area contributed by atoms with Crippen LogP contribution >= 0.6 is 11.6 Å². The van der Waals surface area contributed by atoms with Crippen molar-refractivity contribution in [2.75, 3.05) is 18.4 Å². The molecule has 1 aromatic heterocycles. The van der Waals surface area contributed by atoms with Crippen molar-refractivity contribution in [2.24, 2.45) is 21.8 Å². The van der Waals surface area contributed by atoms with Gasteiger partial charge in [0, 0.05) is 24.0 Å². The molecule has 1 saturated heterocycles. The van der Waals surface area contributed by atoms with Crippen LogP contribution in [0.15, 0.2) is 28.3 Å². The van der Waals surface area contributed by atoms with Gasteiger partial charge in [-0.1, -0.05) is 36.9 Å². The van der Waals surface area contributed by atoms with Crippen molar-refractivity contribution >= 4 is 41.7 Å². The summed E-state index contributed by atoms with van der Waals surface area (Å²) in [5.74, 6) is 1.46. The standard InChI is InChI=1S/C24H35ClN6O/c1-4-21(30-24(26-3)29-16(2)17-9-6-5-7-10-17)19-13-22(28-15-20(19)25)31-23(32)18-11-8-12-27-14-18/h4,13,15-18,27H,3,5-12,14H2,1-2H3,(H,29,30)(H,28,31,32)/b21-4-/t16-,18?/m0/s1. The Labute approximate surface area is 196 Å². The number of guanidine groups is 1. The molecule has 3 N–H and O–H groups in total. The molecule has 174 valence electrons. The lowest BCUT2D eigenvalue weighted by atomic mass is 9.85. The van der Waals surface area contributed by atoms with Crippen molar-refractivity contribution in [1.29, 1.82) is 0 Å². The molecule has 0 radical (unpaired) electrons. The van der Waals surface area contributed by atoms with Crippen LogP contribution in [0.1, 0.15) is 64.4 Å². The molecule has 0 spiro atoms. The number of pyridine rings is 1. The number of anilines is 1. The number of hydrogen-bond acceptors (Lipinski definition) is 4. The Hall–Kier alpha value is -2.25. The Morgan fingerprint density at radius 2 is 2.09 bits per heavy atom. The van der Waals surface area contributed by atoms with Crippen LogP contribution in [0.2, 0.25) is 5.02 Å². The van der Waals surface area contributed by atoms with Gasteiger partial charge in [-0.3, -0.25) is 4.79 Å². The second-order valence-corrected chi connectivity index (χ2v) is 9.07. The van der Waals surface area contributed by atoms with Gasteiger partial charge in [0.05, 0.1) is 17.0 Å². The molecule has 32 heavy (non-hydrogen) atoms. The first-order valence-electron chi connectivity index (χ1n) is 11.7. The van der Waals surface area contributed by atoms with Crippen LogP contribution in [0, 0.1) is 11.8 Å². The zero-order valence-electron chi connectivity index (χ0n) is 19.2. The van der Waals surface area contributed by atoms with Crippen LogP contribution in [0.3, 0.4) is 0 Å². The second-order valence-electron chi connectivity index (χ2n) is 8.66. The van der Waals surface area contributed by atoms with Gasteiger partial charge in [-0.15, -0.1) is 0 Å². The van der Waals surface area contributed by atoms with E-state index in [-0.39, 0.29) is 17.9 Å². The number of piperidine rings is 1. The summed E-state index contributed by atoms with van der Waals surface area (Å²) in [5.41, 5.74) is 1.47. The predicted octanol–water partition coefficient (Wildman–Crippen LogP) is 4.65. The molecule has 1 saturated carbocycles. The van der Waals surface area contributed by atoms with Crippen LogP contribution in [-0.4, -0.2) is 42.7 Å². The van der Waals surface area contributed by atoms with Gasteiger partial charge in [-0.2, -0.15) is 0 Å². The molecule has 1 aliphatic heterocycles. The van der Waals surface area contributed by atoms with Gasteiger partial charge in [-0.25, -0.2) is 15.0 Å². The van der Waals surface area contributed by atoms with E-state index >= 15 is 0 Å². The Balaban J connectivity index is 1.72. The van der Waals surface area contributed by atoms with Crippen LogP contribution < -0.4 is 16.0 Å². The molecule has 1 aromatic rings. The Morgan fingerprint density at radius 1 is 1.31 bits per heavy atom. The van der Waals surface area contributed by atoms with Crippen LogP contribution in [0.4, 0.5) is 5.82 Å². The molecule has 2 fully saturated rings. The van der Waals surface area contributed by atoms with Crippen molar-refractivity contribution < 1.29 is 4.79 Å². The Bertz CT molecular complexity index is 856. The molecular formula is C24H35ClN6O. The number of carbonyl (C=O) groups excluding carboxylic acids is 1. The number of amides is 1. The number of carbonyl (C=O) groups is 1. The molecule has 2 atom stereocenters. The fourth-order valence-electron chi connectivity index (χ4n) is 4.46. The van der Waals surface area contributed by atoms with Crippen molar-refractivity contribution in [3.63, 3.8) is 0 Å². The lowest BCUT2D eigenvalue weighted by molar-refractivity contribution is -0.120. The lowest BCUT2D eigenvalue weighted by Crippen LogP contribution is -2.37. The van der Waals surface area contributed by atoms with Crippen molar-refractivity contribution in [1.82, 2.24) is 15.6 Å². The molecule has 2 aliphatic rings. The summed E-state index contributed by atoms with van der Waals surface area (Å²) in [7, 11) is 0. The Morgan fingerprint density at radius 3 is 2.75 bits per heavy atom. The highest BCUT2D eigenvalue weighted by Crippen LogP contribution is 2.28. The summed E-state index contributed by atoms with van der Waals surface area (Å²) in [6, 6.07) is 1.96. The SMILES string of the molecule is C=NC(=N[C@@H](C)C1CCCCC1)N/C(=C\C)c1cc(NC(=O)C2CCCNC2)ncc1Cl. The van der Waals surface area contributed by atoms with Gasteiger partial charge < -0.3 is 16.0 Å². The summed E-state index contributed by atoms with van der Waals surface area (Å²) >= 11 is 6.46. The van der Waals surface area contributed by atoms with Crippen LogP contribution in [0.5, 0.6) is 0 Å². The van der Waals surface area contributed by atoms with Gasteiger partial charge in [0.1, 0.15) is 5.82 Å². The van der Waals surface area contributed by atoms with Crippen molar-refractivity contribution in [3.8, 4) is 0 Å². The molecule has 7 nitrogen and oxygen atoms in total. The number of hydrogen-bond donors (Lipinski definition) is 3. The molecule has 2 heterocycles. The fraction of sp³-hybridized carbons (Fsp3) is 0.583. The van der Waals surface area contributed by atoms with E-state index in [0.717, 1.165) is 30.6 Å². The fourth-order valence-corrected chi connectivity index (χ4v) is 4.67. The average Bonchev–Trinajstić information content (AvgIpc) is 2.84. The third-order valence-corrected chi connectivity index (χ3v) is 6.71. The lowest BCUT2D eigenvalue weighted by Gasteiger charge is -2.25. The van der Waals surface area contributed by atoms with Crippen LogP contribution in [-0.2, 0) is 4.79 Å². The molecule has 0 bridgehead atoms. The van der Waals surface area contributed by atoms with Gasteiger partial charge in [0.25, 0.3) is 0 Å². The van der Waals surface area contributed by atoms with E-state index in [4.69, 9.17) is 16.6 Å². The summed E-state index contributed by atoms with van der Waals surface area (Å²) in [4.78, 5) is 25.8. The topological polar surface area (TPSA) is 90.8 Å². The summed E-state index contributed by atoms with van der Waals surface area (Å²) in [6.45, 7) is 9.40. The summed E-state index contributed by atoms with van der Waals surface area (Å²) in [5, 5.41) is 9.95. The first-order valence-corrected chi connectivity index (χ1v) is 12.0. The van der Waals surface area contributed by atoms with E-state index in [1.54, 1.807) is 12.3 Å². The number of rotatable bonds is 6. The van der Waals surface area contributed by atoms with E-state index in [1.807, 2.05) is 13.0 Å². The highest BCUT2D eigenvalue weighted by Gasteiger charge is 2.22. The first kappa shape index (κ1) is 24.4. The average molecular weight is 459 g/mol. The number of nitrogens with one attached hydrogen (secondary N) is 3. The maximum absolute atomic E-state index is 12.6. The molecule has 3 rings (SSSR count). The monoisotopic (exact) mass is 458 g/mol. The minimum atomic E-state index is -0.0473. The van der Waals surface area contributed by atoms with E-state index in [1.165, 1.54) is 32.1 Å². The number of allylic oxidation sites excluding steroid dienone is 1. The van der Waals surface area contributed by atoms with E-state index in [9.17, 15) is 4.79 Å². The van der Waals surface area contributed by atoms with E-state index in [2.05, 4.69) is 39.6 Å². The van der Waals surface area contributed by atoms with Gasteiger partial charge >= 0.3 is 0 Å². The maximum atomic E-state index is 12.6. The zero-order chi connectivity index (χ0) is 22.9. The molecular weight excluding hydrogens is 424 g/mol. The zero-order valence-corrected chi connectivity index (χ0v) is 19.9. The second kappa shape index (κ2) is 12.1. The highest BCUT2D eigenvalue weighted by molar-refractivity contribution is 6.32. The quantitative estimate of drug-likeness (QED) is 0.427. The molecule has 1 aliphatic carbocycles. The number of halogens is 1. The van der Waals surface area contributed by atoms with Crippen molar-refractivity contribution in [2.45, 2.75) is 64.8 Å². The normalized spacial score (nSPS) is 21.7. The molecule has 1 amide bonds. The summed E-state index contributed by atoms with van der Waals surface area (Å²) in [6.07, 6.45) is 11.6. The third-order valence-electron chi connectivity index (χ3n) is 6.41. The first-order chi connectivity index (χ1) is 15.5. The molecule has 0 aromatic carbocycles. The third kappa shape index (κ3) is 6.62. The van der Waals surface area contributed by atoms with E-state index < -0.39 is 0 Å². The van der Waals surface area contributed by atoms with E-state index in [0.29, 0.717) is 29.3 Å². The number of nitrogens with zero attached hydrogens (tertiary/aromatic N) is 3.